The number of fused-ring (bicyclic) bond motifs is 3. The molecule has 0 radical (unpaired) electrons. The van der Waals surface area contributed by atoms with Gasteiger partial charge in [0.25, 0.3) is 5.91 Å². The van der Waals surface area contributed by atoms with Crippen LogP contribution in [-0.4, -0.2) is 22.6 Å². The van der Waals surface area contributed by atoms with E-state index in [9.17, 15) is 4.79 Å². The van der Waals surface area contributed by atoms with Gasteiger partial charge in [-0.1, -0.05) is 15.9 Å². The van der Waals surface area contributed by atoms with Gasteiger partial charge in [0.05, 0.1) is 18.1 Å². The summed E-state index contributed by atoms with van der Waals surface area (Å²) in [4.78, 5) is 17.3. The largest absolute Gasteiger partial charge is 0.496 e. The molecule has 1 N–H and O–H groups in total. The molecule has 1 amide bonds. The van der Waals surface area contributed by atoms with Gasteiger partial charge in [0.15, 0.2) is 0 Å². The van der Waals surface area contributed by atoms with Gasteiger partial charge in [0.2, 0.25) is 0 Å². The molecule has 1 aliphatic heterocycles. The van der Waals surface area contributed by atoms with Crippen molar-refractivity contribution in [2.75, 3.05) is 7.11 Å². The van der Waals surface area contributed by atoms with E-state index in [0.717, 1.165) is 45.6 Å². The summed E-state index contributed by atoms with van der Waals surface area (Å²) in [5.41, 5.74) is 3.56. The zero-order chi connectivity index (χ0) is 18.1. The Bertz CT molecular complexity index is 981. The Morgan fingerprint density at radius 3 is 3.00 bits per heavy atom. The highest BCUT2D eigenvalue weighted by Gasteiger charge is 2.16. The van der Waals surface area contributed by atoms with Crippen LogP contribution in [0.1, 0.15) is 34.6 Å². The molecule has 26 heavy (non-hydrogen) atoms. The molecular weight excluding hydrogens is 394 g/mol. The van der Waals surface area contributed by atoms with E-state index in [-0.39, 0.29) is 5.91 Å². The molecule has 2 heterocycles. The molecule has 134 valence electrons. The minimum Gasteiger partial charge on any atom is -0.496 e. The van der Waals surface area contributed by atoms with E-state index >= 15 is 0 Å². The maximum absolute atomic E-state index is 12.6. The predicted octanol–water partition coefficient (Wildman–Crippen LogP) is 4.07. The zero-order valence-electron chi connectivity index (χ0n) is 14.6. The second-order valence-corrected chi connectivity index (χ2v) is 7.39. The first-order chi connectivity index (χ1) is 12.7. The molecule has 0 fully saturated rings. The van der Waals surface area contributed by atoms with Gasteiger partial charge in [0, 0.05) is 35.1 Å². The van der Waals surface area contributed by atoms with Gasteiger partial charge >= 0.3 is 0 Å². The number of methoxy groups -OCH3 is 1. The molecule has 0 atom stereocenters. The minimum atomic E-state index is -0.111. The van der Waals surface area contributed by atoms with Crippen LogP contribution in [0.2, 0.25) is 0 Å². The normalized spacial score (nSPS) is 13.5. The highest BCUT2D eigenvalue weighted by Crippen LogP contribution is 2.24. The van der Waals surface area contributed by atoms with Gasteiger partial charge in [-0.05, 0) is 49.2 Å². The average molecular weight is 414 g/mol. The van der Waals surface area contributed by atoms with Crippen molar-refractivity contribution >= 4 is 32.9 Å². The zero-order valence-corrected chi connectivity index (χ0v) is 16.2. The summed E-state index contributed by atoms with van der Waals surface area (Å²) < 4.78 is 8.58. The number of hydrogen-bond donors (Lipinski definition) is 1. The van der Waals surface area contributed by atoms with Gasteiger partial charge in [-0.2, -0.15) is 0 Å². The topological polar surface area (TPSA) is 56.1 Å². The van der Waals surface area contributed by atoms with E-state index in [1.807, 2.05) is 36.4 Å². The summed E-state index contributed by atoms with van der Waals surface area (Å²) >= 11 is 3.45. The van der Waals surface area contributed by atoms with E-state index in [4.69, 9.17) is 9.72 Å². The van der Waals surface area contributed by atoms with Crippen LogP contribution in [-0.2, 0) is 19.5 Å². The molecule has 0 spiro atoms. The van der Waals surface area contributed by atoms with Gasteiger partial charge in [-0.25, -0.2) is 4.98 Å². The number of rotatable bonds is 4. The van der Waals surface area contributed by atoms with E-state index in [1.165, 1.54) is 12.8 Å². The van der Waals surface area contributed by atoms with Crippen molar-refractivity contribution in [2.24, 2.45) is 0 Å². The maximum atomic E-state index is 12.6. The van der Waals surface area contributed by atoms with E-state index in [2.05, 4.69) is 25.8 Å². The number of carbonyl (C=O) groups excluding carboxylic acids is 1. The van der Waals surface area contributed by atoms with E-state index in [0.29, 0.717) is 12.1 Å². The number of halogens is 1. The van der Waals surface area contributed by atoms with Crippen molar-refractivity contribution in [3.8, 4) is 5.75 Å². The minimum absolute atomic E-state index is 0.111. The first kappa shape index (κ1) is 17.1. The monoisotopic (exact) mass is 413 g/mol. The van der Waals surface area contributed by atoms with Crippen LogP contribution in [0.5, 0.6) is 5.75 Å². The third-order valence-corrected chi connectivity index (χ3v) is 5.30. The number of nitrogens with zero attached hydrogens (tertiary/aromatic N) is 2. The lowest BCUT2D eigenvalue weighted by molar-refractivity contribution is 0.0951. The molecule has 1 aromatic heterocycles. The molecule has 4 rings (SSSR count). The van der Waals surface area contributed by atoms with Crippen molar-refractivity contribution < 1.29 is 9.53 Å². The highest BCUT2D eigenvalue weighted by molar-refractivity contribution is 9.10. The number of hydrogen-bond acceptors (Lipinski definition) is 3. The number of amides is 1. The lowest BCUT2D eigenvalue weighted by Crippen LogP contribution is -2.23. The Kier molecular flexibility index (Phi) is 4.68. The molecule has 5 nitrogen and oxygen atoms in total. The Morgan fingerprint density at radius 2 is 2.15 bits per heavy atom. The van der Waals surface area contributed by atoms with Crippen molar-refractivity contribution in [3.63, 3.8) is 0 Å². The van der Waals surface area contributed by atoms with Crippen molar-refractivity contribution in [3.05, 3.63) is 57.8 Å². The van der Waals surface area contributed by atoms with Gasteiger partial charge in [0.1, 0.15) is 11.6 Å². The number of ether oxygens (including phenoxy) is 1. The lowest BCUT2D eigenvalue weighted by atomic mass is 10.1. The van der Waals surface area contributed by atoms with Crippen LogP contribution in [0, 0.1) is 0 Å². The fourth-order valence-electron chi connectivity index (χ4n) is 3.48. The molecule has 0 saturated heterocycles. The number of aromatic nitrogens is 2. The van der Waals surface area contributed by atoms with Crippen molar-refractivity contribution in [2.45, 2.75) is 32.4 Å². The summed E-state index contributed by atoms with van der Waals surface area (Å²) in [6, 6.07) is 11.5. The summed E-state index contributed by atoms with van der Waals surface area (Å²) in [5, 5.41) is 2.97. The highest BCUT2D eigenvalue weighted by atomic mass is 79.9. The Balaban J connectivity index is 1.54. The van der Waals surface area contributed by atoms with Gasteiger partial charge in [-0.15, -0.1) is 0 Å². The molecular formula is C20H20BrN3O2. The van der Waals surface area contributed by atoms with Crippen molar-refractivity contribution in [1.29, 1.82) is 0 Å². The maximum Gasteiger partial charge on any atom is 0.251 e. The predicted molar refractivity (Wildman–Crippen MR) is 105 cm³/mol. The Labute approximate surface area is 160 Å². The summed E-state index contributed by atoms with van der Waals surface area (Å²) in [6.45, 7) is 1.42. The van der Waals surface area contributed by atoms with Crippen molar-refractivity contribution in [1.82, 2.24) is 14.9 Å². The average Bonchev–Trinajstić information content (AvgIpc) is 3.04. The summed E-state index contributed by atoms with van der Waals surface area (Å²) in [6.07, 6.45) is 3.39. The Hall–Kier alpha value is -2.34. The van der Waals surface area contributed by atoms with Crippen LogP contribution in [0.15, 0.2) is 40.9 Å². The van der Waals surface area contributed by atoms with E-state index < -0.39 is 0 Å². The van der Waals surface area contributed by atoms with Crippen LogP contribution < -0.4 is 10.1 Å². The third-order valence-electron chi connectivity index (χ3n) is 4.80. The fraction of sp³-hybridized carbons (Fsp3) is 0.300. The number of aryl methyl sites for hydroxylation is 2. The Morgan fingerprint density at radius 1 is 1.27 bits per heavy atom. The SMILES string of the molecule is COc1ccc(Br)cc1CNC(=O)c1ccc2c(c1)nc1n2CCCC1. The van der Waals surface area contributed by atoms with Crippen LogP contribution in [0.4, 0.5) is 0 Å². The third kappa shape index (κ3) is 3.21. The number of benzene rings is 2. The smallest absolute Gasteiger partial charge is 0.251 e. The number of imidazole rings is 1. The molecule has 0 bridgehead atoms. The quantitative estimate of drug-likeness (QED) is 0.700. The second-order valence-electron chi connectivity index (χ2n) is 6.48. The molecule has 3 aromatic rings. The molecule has 0 unspecified atom stereocenters. The summed E-state index contributed by atoms with van der Waals surface area (Å²) in [5.74, 6) is 1.77. The van der Waals surface area contributed by atoms with Crippen LogP contribution in [0.25, 0.3) is 11.0 Å². The lowest BCUT2D eigenvalue weighted by Gasteiger charge is -2.13. The fourth-order valence-corrected chi connectivity index (χ4v) is 3.89. The molecule has 0 aliphatic carbocycles. The molecule has 1 aliphatic rings. The molecule has 0 saturated carbocycles. The first-order valence-electron chi connectivity index (χ1n) is 8.75. The van der Waals surface area contributed by atoms with Crippen LogP contribution in [0.3, 0.4) is 0 Å². The van der Waals surface area contributed by atoms with E-state index in [1.54, 1.807) is 7.11 Å². The standard InChI is InChI=1S/C20H20BrN3O2/c1-26-18-8-6-15(21)10-14(18)12-22-20(25)13-5-7-17-16(11-13)23-19-4-2-3-9-24(17)19/h5-8,10-11H,2-4,9,12H2,1H3,(H,22,25). The number of nitrogens with one attached hydrogen (secondary N) is 1. The molecule has 2 aromatic carbocycles. The first-order valence-corrected chi connectivity index (χ1v) is 9.55. The van der Waals surface area contributed by atoms with Gasteiger partial charge < -0.3 is 14.6 Å². The van der Waals surface area contributed by atoms with Crippen LogP contribution >= 0.6 is 15.9 Å². The number of carbonyl (C=O) groups is 1. The van der Waals surface area contributed by atoms with Gasteiger partial charge in [-0.3, -0.25) is 4.79 Å². The molecule has 6 heteroatoms. The second kappa shape index (κ2) is 7.11. The summed E-state index contributed by atoms with van der Waals surface area (Å²) in [7, 11) is 1.63.